The molecule has 5 nitrogen and oxygen atoms in total. The molecule has 0 atom stereocenters. The molecule has 0 spiro atoms. The summed E-state index contributed by atoms with van der Waals surface area (Å²) in [6.07, 6.45) is 0. The van der Waals surface area contributed by atoms with Gasteiger partial charge in [0, 0.05) is 19.2 Å². The molecular weight excluding hydrogens is 353 g/mol. The van der Waals surface area contributed by atoms with Crippen LogP contribution in [0.4, 0.5) is 4.39 Å². The SMILES string of the molecule is Cc1nsnc1COc1ccc(C(=O)N(C)Cc2cccc(F)c2)cc1. The monoisotopic (exact) mass is 371 g/mol. The lowest BCUT2D eigenvalue weighted by molar-refractivity contribution is 0.0785. The van der Waals surface area contributed by atoms with E-state index < -0.39 is 0 Å². The normalized spacial score (nSPS) is 10.6. The van der Waals surface area contributed by atoms with Crippen LogP contribution in [-0.2, 0) is 13.2 Å². The molecule has 0 aliphatic carbocycles. The number of aromatic nitrogens is 2. The summed E-state index contributed by atoms with van der Waals surface area (Å²) in [5.74, 6) is 0.206. The van der Waals surface area contributed by atoms with Crippen LogP contribution in [0.3, 0.4) is 0 Å². The molecule has 0 aliphatic heterocycles. The van der Waals surface area contributed by atoms with Crippen molar-refractivity contribution in [1.82, 2.24) is 13.6 Å². The molecule has 0 radical (unpaired) electrons. The Balaban J connectivity index is 1.60. The molecule has 134 valence electrons. The minimum Gasteiger partial charge on any atom is -0.487 e. The summed E-state index contributed by atoms with van der Waals surface area (Å²) < 4.78 is 27.2. The van der Waals surface area contributed by atoms with Crippen LogP contribution in [0.25, 0.3) is 0 Å². The molecule has 0 saturated heterocycles. The minimum atomic E-state index is -0.310. The Morgan fingerprint density at radius 2 is 1.96 bits per heavy atom. The summed E-state index contributed by atoms with van der Waals surface area (Å²) in [6.45, 7) is 2.57. The maximum atomic E-state index is 13.3. The van der Waals surface area contributed by atoms with Crippen LogP contribution in [0, 0.1) is 12.7 Å². The predicted molar refractivity (Wildman–Crippen MR) is 97.6 cm³/mol. The molecule has 7 heteroatoms. The van der Waals surface area contributed by atoms with Gasteiger partial charge in [0.2, 0.25) is 0 Å². The molecule has 2 aromatic carbocycles. The Morgan fingerprint density at radius 1 is 1.19 bits per heavy atom. The summed E-state index contributed by atoms with van der Waals surface area (Å²) in [5.41, 5.74) is 2.96. The Labute approximate surface area is 155 Å². The highest BCUT2D eigenvalue weighted by molar-refractivity contribution is 6.99. The van der Waals surface area contributed by atoms with Gasteiger partial charge in [0.15, 0.2) is 0 Å². The molecule has 0 aliphatic rings. The van der Waals surface area contributed by atoms with Crippen LogP contribution in [0.15, 0.2) is 48.5 Å². The van der Waals surface area contributed by atoms with E-state index in [4.69, 9.17) is 4.74 Å². The van der Waals surface area contributed by atoms with Gasteiger partial charge in [-0.2, -0.15) is 8.75 Å². The van der Waals surface area contributed by atoms with Crippen molar-refractivity contribution >= 4 is 17.6 Å². The zero-order valence-electron chi connectivity index (χ0n) is 14.5. The van der Waals surface area contributed by atoms with Gasteiger partial charge in [-0.3, -0.25) is 4.79 Å². The number of halogens is 1. The van der Waals surface area contributed by atoms with Gasteiger partial charge < -0.3 is 9.64 Å². The van der Waals surface area contributed by atoms with E-state index in [2.05, 4.69) is 8.75 Å². The van der Waals surface area contributed by atoms with E-state index in [0.717, 1.165) is 28.7 Å². The van der Waals surface area contributed by atoms with E-state index in [1.165, 1.54) is 12.1 Å². The van der Waals surface area contributed by atoms with E-state index in [1.54, 1.807) is 48.3 Å². The van der Waals surface area contributed by atoms with Crippen LogP contribution in [0.2, 0.25) is 0 Å². The van der Waals surface area contributed by atoms with Gasteiger partial charge in [-0.15, -0.1) is 0 Å². The highest BCUT2D eigenvalue weighted by Crippen LogP contribution is 2.17. The number of rotatable bonds is 6. The average molecular weight is 371 g/mol. The molecule has 3 aromatic rings. The number of benzene rings is 2. The van der Waals surface area contributed by atoms with Crippen LogP contribution >= 0.6 is 11.7 Å². The quantitative estimate of drug-likeness (QED) is 0.661. The highest BCUT2D eigenvalue weighted by atomic mass is 32.1. The summed E-state index contributed by atoms with van der Waals surface area (Å²) >= 11 is 1.16. The maximum Gasteiger partial charge on any atom is 0.253 e. The zero-order chi connectivity index (χ0) is 18.5. The zero-order valence-corrected chi connectivity index (χ0v) is 15.3. The number of amides is 1. The van der Waals surface area contributed by atoms with Crippen molar-refractivity contribution in [1.29, 1.82) is 0 Å². The average Bonchev–Trinajstić information content (AvgIpc) is 3.05. The molecule has 0 unspecified atom stereocenters. The number of nitrogens with zero attached hydrogens (tertiary/aromatic N) is 3. The molecule has 3 rings (SSSR count). The first-order valence-electron chi connectivity index (χ1n) is 8.04. The van der Waals surface area contributed by atoms with Gasteiger partial charge in [-0.1, -0.05) is 12.1 Å². The third kappa shape index (κ3) is 4.43. The van der Waals surface area contributed by atoms with Gasteiger partial charge in [0.25, 0.3) is 5.91 Å². The van der Waals surface area contributed by atoms with Crippen LogP contribution in [-0.4, -0.2) is 26.6 Å². The molecule has 1 aromatic heterocycles. The van der Waals surface area contributed by atoms with E-state index in [1.807, 2.05) is 6.92 Å². The fourth-order valence-electron chi connectivity index (χ4n) is 2.43. The summed E-state index contributed by atoms with van der Waals surface area (Å²) in [5, 5.41) is 0. The van der Waals surface area contributed by atoms with Crippen LogP contribution < -0.4 is 4.74 Å². The summed E-state index contributed by atoms with van der Waals surface area (Å²) in [6, 6.07) is 13.2. The molecule has 0 saturated carbocycles. The molecule has 1 heterocycles. The van der Waals surface area contributed by atoms with Gasteiger partial charge in [-0.25, -0.2) is 4.39 Å². The van der Waals surface area contributed by atoms with E-state index >= 15 is 0 Å². The van der Waals surface area contributed by atoms with Crippen molar-refractivity contribution in [3.05, 3.63) is 76.9 Å². The predicted octanol–water partition coefficient (Wildman–Crippen LogP) is 3.84. The van der Waals surface area contributed by atoms with Gasteiger partial charge in [-0.05, 0) is 48.9 Å². The maximum absolute atomic E-state index is 13.3. The lowest BCUT2D eigenvalue weighted by Crippen LogP contribution is -2.26. The van der Waals surface area contributed by atoms with E-state index in [0.29, 0.717) is 24.5 Å². The second kappa shape index (κ2) is 8.05. The minimum absolute atomic E-state index is 0.139. The number of hydrogen-bond acceptors (Lipinski definition) is 5. The number of carbonyl (C=O) groups is 1. The lowest BCUT2D eigenvalue weighted by Gasteiger charge is -2.17. The van der Waals surface area contributed by atoms with E-state index in [-0.39, 0.29) is 11.7 Å². The van der Waals surface area contributed by atoms with E-state index in [9.17, 15) is 9.18 Å². The fourth-order valence-corrected chi connectivity index (χ4v) is 2.98. The van der Waals surface area contributed by atoms with Gasteiger partial charge in [0.05, 0.1) is 17.4 Å². The smallest absolute Gasteiger partial charge is 0.253 e. The van der Waals surface area contributed by atoms with Crippen LogP contribution in [0.5, 0.6) is 5.75 Å². The first kappa shape index (κ1) is 18.0. The second-order valence-electron chi connectivity index (χ2n) is 5.90. The largest absolute Gasteiger partial charge is 0.487 e. The van der Waals surface area contributed by atoms with Crippen molar-refractivity contribution < 1.29 is 13.9 Å². The third-order valence-electron chi connectivity index (χ3n) is 3.88. The molecule has 0 fully saturated rings. The molecule has 26 heavy (non-hydrogen) atoms. The second-order valence-corrected chi connectivity index (χ2v) is 6.43. The van der Waals surface area contributed by atoms with Crippen molar-refractivity contribution in [2.24, 2.45) is 0 Å². The van der Waals surface area contributed by atoms with Crippen molar-refractivity contribution in [2.45, 2.75) is 20.1 Å². The van der Waals surface area contributed by atoms with Crippen LogP contribution in [0.1, 0.15) is 27.3 Å². The van der Waals surface area contributed by atoms with Crippen molar-refractivity contribution in [2.75, 3.05) is 7.05 Å². The Bertz CT molecular complexity index is 896. The molecule has 1 amide bonds. The fraction of sp³-hybridized carbons (Fsp3) is 0.211. The number of aryl methyl sites for hydroxylation is 1. The number of hydrogen-bond donors (Lipinski definition) is 0. The van der Waals surface area contributed by atoms with Crippen molar-refractivity contribution in [3.8, 4) is 5.75 Å². The van der Waals surface area contributed by atoms with Gasteiger partial charge in [0.1, 0.15) is 23.9 Å². The summed E-state index contributed by atoms with van der Waals surface area (Å²) in [4.78, 5) is 14.1. The Hall–Kier alpha value is -2.80. The Kier molecular flexibility index (Phi) is 5.58. The first-order chi connectivity index (χ1) is 12.5. The molecule has 0 bridgehead atoms. The standard InChI is InChI=1S/C19H18FN3O2S/c1-13-18(22-26-21-13)12-25-17-8-6-15(7-9-17)19(24)23(2)11-14-4-3-5-16(20)10-14/h3-10H,11-12H2,1-2H3. The Morgan fingerprint density at radius 3 is 2.62 bits per heavy atom. The van der Waals surface area contributed by atoms with Crippen molar-refractivity contribution in [3.63, 3.8) is 0 Å². The summed E-state index contributed by atoms with van der Waals surface area (Å²) in [7, 11) is 1.69. The molecule has 0 N–H and O–H groups in total. The highest BCUT2D eigenvalue weighted by Gasteiger charge is 2.13. The number of carbonyl (C=O) groups excluding carboxylic acids is 1. The lowest BCUT2D eigenvalue weighted by atomic mass is 10.1. The van der Waals surface area contributed by atoms with Gasteiger partial charge >= 0.3 is 0 Å². The first-order valence-corrected chi connectivity index (χ1v) is 8.77. The topological polar surface area (TPSA) is 55.3 Å². The number of ether oxygens (including phenoxy) is 1. The third-order valence-corrected chi connectivity index (χ3v) is 4.54. The molecular formula is C19H18FN3O2S.